The fourth-order valence-electron chi connectivity index (χ4n) is 3.04. The van der Waals surface area contributed by atoms with Gasteiger partial charge >= 0.3 is 0 Å². The summed E-state index contributed by atoms with van der Waals surface area (Å²) in [5, 5.41) is 0. The molecular formula is C18H27BrN2. The van der Waals surface area contributed by atoms with Crippen molar-refractivity contribution in [1.82, 2.24) is 4.98 Å². The Hall–Kier alpha value is -1.09. The summed E-state index contributed by atoms with van der Waals surface area (Å²) in [6.07, 6.45) is 10.5. The van der Waals surface area contributed by atoms with Crippen molar-refractivity contribution in [3.8, 4) is 5.69 Å². The van der Waals surface area contributed by atoms with E-state index in [0.29, 0.717) is 0 Å². The number of benzene rings is 1. The summed E-state index contributed by atoms with van der Waals surface area (Å²) in [6, 6.07) is 4.53. The zero-order valence-corrected chi connectivity index (χ0v) is 15.3. The molecule has 0 aliphatic heterocycles. The molecule has 0 atom stereocenters. The van der Waals surface area contributed by atoms with Crippen LogP contribution in [0.1, 0.15) is 55.1 Å². The number of H-pyrrole nitrogens is 1. The van der Waals surface area contributed by atoms with Crippen LogP contribution in [0.25, 0.3) is 5.69 Å². The molecule has 0 aliphatic rings. The van der Waals surface area contributed by atoms with Gasteiger partial charge in [0, 0.05) is 6.42 Å². The molecule has 0 unspecified atom stereocenters. The Morgan fingerprint density at radius 2 is 1.67 bits per heavy atom. The van der Waals surface area contributed by atoms with Crippen LogP contribution in [0, 0.1) is 20.8 Å². The van der Waals surface area contributed by atoms with Crippen LogP contribution in [0.2, 0.25) is 0 Å². The summed E-state index contributed by atoms with van der Waals surface area (Å²) in [7, 11) is 0. The van der Waals surface area contributed by atoms with E-state index < -0.39 is 0 Å². The predicted octanol–water partition coefficient (Wildman–Crippen LogP) is 1.34. The zero-order valence-electron chi connectivity index (χ0n) is 13.7. The molecule has 21 heavy (non-hydrogen) atoms. The highest BCUT2D eigenvalue weighted by molar-refractivity contribution is 5.43. The second-order valence-corrected chi connectivity index (χ2v) is 5.83. The number of hydrogen-bond acceptors (Lipinski definition) is 0. The van der Waals surface area contributed by atoms with Gasteiger partial charge in [0.25, 0.3) is 5.82 Å². The third kappa shape index (κ3) is 4.44. The Morgan fingerprint density at radius 1 is 1.00 bits per heavy atom. The van der Waals surface area contributed by atoms with Crippen LogP contribution in [-0.4, -0.2) is 4.98 Å². The summed E-state index contributed by atoms with van der Waals surface area (Å²) < 4.78 is 2.33. The van der Waals surface area contributed by atoms with Crippen LogP contribution in [0.3, 0.4) is 0 Å². The summed E-state index contributed by atoms with van der Waals surface area (Å²) in [5.74, 6) is 1.32. The van der Waals surface area contributed by atoms with E-state index in [2.05, 4.69) is 55.6 Å². The van der Waals surface area contributed by atoms with Gasteiger partial charge < -0.3 is 17.0 Å². The average Bonchev–Trinajstić information content (AvgIpc) is 2.82. The minimum atomic E-state index is 0. The molecule has 0 radical (unpaired) electrons. The highest BCUT2D eigenvalue weighted by Gasteiger charge is 2.17. The highest BCUT2D eigenvalue weighted by Crippen LogP contribution is 2.17. The number of aryl methyl sites for hydroxylation is 4. The van der Waals surface area contributed by atoms with Gasteiger partial charge in [0.1, 0.15) is 18.1 Å². The molecule has 1 N–H and O–H groups in total. The van der Waals surface area contributed by atoms with E-state index in [1.165, 1.54) is 53.9 Å². The first-order chi connectivity index (χ1) is 9.63. The van der Waals surface area contributed by atoms with Crippen molar-refractivity contribution in [2.75, 3.05) is 0 Å². The van der Waals surface area contributed by atoms with Crippen LogP contribution in [0.15, 0.2) is 24.5 Å². The van der Waals surface area contributed by atoms with Crippen LogP contribution in [0.5, 0.6) is 0 Å². The van der Waals surface area contributed by atoms with Crippen molar-refractivity contribution in [3.63, 3.8) is 0 Å². The molecule has 0 fully saturated rings. The lowest BCUT2D eigenvalue weighted by Crippen LogP contribution is -3.00. The SMILES string of the molecule is CCCCCCc1[nH]cc[n+]1-c1c(C)cc(C)cc1C.[Br-]. The molecule has 0 saturated heterocycles. The van der Waals surface area contributed by atoms with E-state index in [4.69, 9.17) is 0 Å². The number of aromatic amines is 1. The Morgan fingerprint density at radius 3 is 2.29 bits per heavy atom. The van der Waals surface area contributed by atoms with Gasteiger partial charge in [-0.1, -0.05) is 43.9 Å². The van der Waals surface area contributed by atoms with E-state index in [1.54, 1.807) is 0 Å². The van der Waals surface area contributed by atoms with Gasteiger partial charge in [-0.05, 0) is 38.3 Å². The van der Waals surface area contributed by atoms with E-state index >= 15 is 0 Å². The first kappa shape index (κ1) is 18.0. The van der Waals surface area contributed by atoms with Crippen molar-refractivity contribution < 1.29 is 21.5 Å². The summed E-state index contributed by atoms with van der Waals surface area (Å²) in [4.78, 5) is 3.41. The Kier molecular flexibility index (Phi) is 7.16. The van der Waals surface area contributed by atoms with Crippen molar-refractivity contribution in [3.05, 3.63) is 47.0 Å². The maximum atomic E-state index is 3.41. The molecule has 116 valence electrons. The van der Waals surface area contributed by atoms with Crippen molar-refractivity contribution >= 4 is 0 Å². The topological polar surface area (TPSA) is 19.7 Å². The van der Waals surface area contributed by atoms with Crippen molar-refractivity contribution in [2.45, 2.75) is 59.8 Å². The molecule has 2 nitrogen and oxygen atoms in total. The van der Waals surface area contributed by atoms with Crippen molar-refractivity contribution in [2.24, 2.45) is 0 Å². The van der Waals surface area contributed by atoms with Crippen LogP contribution < -0.4 is 21.5 Å². The summed E-state index contributed by atoms with van der Waals surface area (Å²) in [5.41, 5.74) is 5.37. The molecule has 1 aromatic carbocycles. The number of hydrogen-bond donors (Lipinski definition) is 1. The number of aromatic nitrogens is 2. The highest BCUT2D eigenvalue weighted by atomic mass is 79.9. The molecule has 0 aliphatic carbocycles. The van der Waals surface area contributed by atoms with Gasteiger partial charge in [0.2, 0.25) is 0 Å². The molecule has 1 aromatic heterocycles. The van der Waals surface area contributed by atoms with Crippen LogP contribution >= 0.6 is 0 Å². The standard InChI is InChI=1S/C18H26N2.BrH/c1-5-6-7-8-9-17-19-10-11-20(17)18-15(3)12-14(2)13-16(18)4;/h10-13H,5-9H2,1-4H3;1H. The van der Waals surface area contributed by atoms with Gasteiger partial charge in [-0.25, -0.2) is 4.98 Å². The number of rotatable bonds is 6. The Labute approximate surface area is 139 Å². The fourth-order valence-corrected chi connectivity index (χ4v) is 3.04. The number of unbranched alkanes of at least 4 members (excludes halogenated alkanes) is 3. The molecular weight excluding hydrogens is 324 g/mol. The predicted molar refractivity (Wildman–Crippen MR) is 84.4 cm³/mol. The number of halogens is 1. The number of nitrogens with zero attached hydrogens (tertiary/aromatic N) is 1. The second kappa shape index (κ2) is 8.38. The maximum Gasteiger partial charge on any atom is 0.259 e. The van der Waals surface area contributed by atoms with Gasteiger partial charge in [-0.15, -0.1) is 0 Å². The quantitative estimate of drug-likeness (QED) is 0.599. The lowest BCUT2D eigenvalue weighted by Gasteiger charge is -2.09. The van der Waals surface area contributed by atoms with E-state index in [9.17, 15) is 0 Å². The van der Waals surface area contributed by atoms with Crippen LogP contribution in [0.4, 0.5) is 0 Å². The maximum absolute atomic E-state index is 3.41. The molecule has 0 spiro atoms. The van der Waals surface area contributed by atoms with Crippen LogP contribution in [-0.2, 0) is 6.42 Å². The lowest BCUT2D eigenvalue weighted by molar-refractivity contribution is -0.603. The number of imidazole rings is 1. The monoisotopic (exact) mass is 350 g/mol. The van der Waals surface area contributed by atoms with E-state index in [1.807, 2.05) is 6.20 Å². The molecule has 2 aromatic rings. The minimum Gasteiger partial charge on any atom is -1.00 e. The van der Waals surface area contributed by atoms with Gasteiger partial charge in [0.15, 0.2) is 0 Å². The third-order valence-corrected chi connectivity index (χ3v) is 3.91. The van der Waals surface area contributed by atoms with E-state index in [0.717, 1.165) is 6.42 Å². The molecule has 0 saturated carbocycles. The molecule has 3 heteroatoms. The average molecular weight is 351 g/mol. The third-order valence-electron chi connectivity index (χ3n) is 3.91. The Bertz CT molecular complexity index is 549. The fraction of sp³-hybridized carbons (Fsp3) is 0.500. The first-order valence-electron chi connectivity index (χ1n) is 7.79. The smallest absolute Gasteiger partial charge is 0.259 e. The largest absolute Gasteiger partial charge is 1.00 e. The minimum absolute atomic E-state index is 0. The zero-order chi connectivity index (χ0) is 14.5. The van der Waals surface area contributed by atoms with Gasteiger partial charge in [-0.2, -0.15) is 4.57 Å². The normalized spacial score (nSPS) is 10.5. The van der Waals surface area contributed by atoms with Gasteiger partial charge in [0.05, 0.1) is 0 Å². The first-order valence-corrected chi connectivity index (χ1v) is 7.79. The van der Waals surface area contributed by atoms with Gasteiger partial charge in [-0.3, -0.25) is 0 Å². The lowest BCUT2D eigenvalue weighted by atomic mass is 10.0. The summed E-state index contributed by atoms with van der Waals surface area (Å²) >= 11 is 0. The number of nitrogens with one attached hydrogen (secondary N) is 1. The van der Waals surface area contributed by atoms with E-state index in [-0.39, 0.29) is 17.0 Å². The van der Waals surface area contributed by atoms with Crippen molar-refractivity contribution in [1.29, 1.82) is 0 Å². The molecule has 1 heterocycles. The Balaban J connectivity index is 0.00000220. The summed E-state index contributed by atoms with van der Waals surface area (Å²) in [6.45, 7) is 8.83. The molecule has 0 bridgehead atoms. The molecule has 0 amide bonds. The second-order valence-electron chi connectivity index (χ2n) is 5.83. The molecule has 2 rings (SSSR count).